The standard InChI is InChI=1S/C15H18N2O/c1-11(17-8-4-5-9-17)15(18)13-10-16-14-7-3-2-6-12(13)14/h2-3,6-7,10-11,16H,4-5,8-9H2,1H3/t11-/m0/s1. The van der Waals surface area contributed by atoms with Crippen molar-refractivity contribution < 1.29 is 4.79 Å². The summed E-state index contributed by atoms with van der Waals surface area (Å²) in [6.07, 6.45) is 4.27. The number of para-hydroxylation sites is 1. The van der Waals surface area contributed by atoms with E-state index in [1.165, 1.54) is 12.8 Å². The molecule has 0 saturated carbocycles. The Kier molecular flexibility index (Phi) is 2.92. The number of carbonyl (C=O) groups is 1. The number of nitrogens with one attached hydrogen (secondary N) is 1. The van der Waals surface area contributed by atoms with Crippen molar-refractivity contribution in [1.82, 2.24) is 9.88 Å². The van der Waals surface area contributed by atoms with E-state index < -0.39 is 0 Å². The third-order valence-electron chi connectivity index (χ3n) is 3.92. The minimum Gasteiger partial charge on any atom is -0.360 e. The van der Waals surface area contributed by atoms with E-state index in [4.69, 9.17) is 0 Å². The summed E-state index contributed by atoms with van der Waals surface area (Å²) in [5.41, 5.74) is 1.86. The number of aromatic nitrogens is 1. The SMILES string of the molecule is C[C@@H](C(=O)c1c[nH]c2ccccc12)N1CCCC1. The zero-order valence-corrected chi connectivity index (χ0v) is 10.6. The molecule has 1 atom stereocenters. The lowest BCUT2D eigenvalue weighted by Crippen LogP contribution is -2.36. The summed E-state index contributed by atoms with van der Waals surface area (Å²) in [5, 5.41) is 1.04. The number of hydrogen-bond donors (Lipinski definition) is 1. The number of likely N-dealkylation sites (tertiary alicyclic amines) is 1. The van der Waals surface area contributed by atoms with Crippen molar-refractivity contribution in [3.05, 3.63) is 36.0 Å². The number of aromatic amines is 1. The van der Waals surface area contributed by atoms with Gasteiger partial charge in [-0.15, -0.1) is 0 Å². The molecule has 18 heavy (non-hydrogen) atoms. The molecule has 3 nitrogen and oxygen atoms in total. The molecule has 1 N–H and O–H groups in total. The molecule has 1 aliphatic rings. The topological polar surface area (TPSA) is 36.1 Å². The van der Waals surface area contributed by atoms with Crippen LogP contribution in [-0.2, 0) is 0 Å². The van der Waals surface area contributed by atoms with Gasteiger partial charge in [-0.1, -0.05) is 18.2 Å². The molecule has 3 rings (SSSR count). The Labute approximate surface area is 107 Å². The molecule has 0 bridgehead atoms. The molecule has 0 spiro atoms. The van der Waals surface area contributed by atoms with Gasteiger partial charge >= 0.3 is 0 Å². The fourth-order valence-electron chi connectivity index (χ4n) is 2.80. The van der Waals surface area contributed by atoms with Crippen LogP contribution < -0.4 is 0 Å². The van der Waals surface area contributed by atoms with Crippen LogP contribution in [0.4, 0.5) is 0 Å². The lowest BCUT2D eigenvalue weighted by Gasteiger charge is -2.22. The normalized spacial score (nSPS) is 18.3. The Bertz CT molecular complexity index is 567. The maximum Gasteiger partial charge on any atom is 0.181 e. The fourth-order valence-corrected chi connectivity index (χ4v) is 2.80. The lowest BCUT2D eigenvalue weighted by molar-refractivity contribution is 0.0868. The third kappa shape index (κ3) is 1.85. The summed E-state index contributed by atoms with van der Waals surface area (Å²) in [7, 11) is 0. The Balaban J connectivity index is 1.91. The van der Waals surface area contributed by atoms with Crippen LogP contribution >= 0.6 is 0 Å². The van der Waals surface area contributed by atoms with Crippen LogP contribution in [-0.4, -0.2) is 34.8 Å². The number of hydrogen-bond acceptors (Lipinski definition) is 2. The number of ketones is 1. The summed E-state index contributed by atoms with van der Waals surface area (Å²) in [6.45, 7) is 4.12. The second-order valence-corrected chi connectivity index (χ2v) is 5.03. The van der Waals surface area contributed by atoms with Crippen molar-refractivity contribution in [3.63, 3.8) is 0 Å². The van der Waals surface area contributed by atoms with Gasteiger partial charge in [0, 0.05) is 22.7 Å². The van der Waals surface area contributed by atoms with Crippen LogP contribution in [0.1, 0.15) is 30.1 Å². The van der Waals surface area contributed by atoms with Gasteiger partial charge in [0.05, 0.1) is 6.04 Å². The largest absolute Gasteiger partial charge is 0.360 e. The molecular formula is C15H18N2O. The number of fused-ring (bicyclic) bond motifs is 1. The summed E-state index contributed by atoms with van der Waals surface area (Å²) < 4.78 is 0. The van der Waals surface area contributed by atoms with E-state index in [0.29, 0.717) is 0 Å². The minimum atomic E-state index is -0.00768. The Morgan fingerprint density at radius 1 is 1.28 bits per heavy atom. The fraction of sp³-hybridized carbons (Fsp3) is 0.400. The summed E-state index contributed by atoms with van der Waals surface area (Å²) in [5.74, 6) is 0.231. The molecule has 1 fully saturated rings. The zero-order chi connectivity index (χ0) is 12.5. The predicted octanol–water partition coefficient (Wildman–Crippen LogP) is 2.83. The van der Waals surface area contributed by atoms with Crippen molar-refractivity contribution in [2.45, 2.75) is 25.8 Å². The summed E-state index contributed by atoms with van der Waals surface area (Å²) >= 11 is 0. The Morgan fingerprint density at radius 3 is 2.78 bits per heavy atom. The second-order valence-electron chi connectivity index (χ2n) is 5.03. The van der Waals surface area contributed by atoms with E-state index >= 15 is 0 Å². The van der Waals surface area contributed by atoms with Gasteiger partial charge in [0.1, 0.15) is 0 Å². The Morgan fingerprint density at radius 2 is 2.00 bits per heavy atom. The van der Waals surface area contributed by atoms with Crippen molar-refractivity contribution in [1.29, 1.82) is 0 Å². The van der Waals surface area contributed by atoms with Crippen molar-refractivity contribution in [2.24, 2.45) is 0 Å². The van der Waals surface area contributed by atoms with Crippen molar-refractivity contribution in [2.75, 3.05) is 13.1 Å². The predicted molar refractivity (Wildman–Crippen MR) is 72.9 cm³/mol. The summed E-state index contributed by atoms with van der Waals surface area (Å²) in [4.78, 5) is 18.0. The molecule has 0 amide bonds. The highest BCUT2D eigenvalue weighted by atomic mass is 16.1. The average molecular weight is 242 g/mol. The van der Waals surface area contributed by atoms with E-state index in [-0.39, 0.29) is 11.8 Å². The molecule has 3 heteroatoms. The molecular weight excluding hydrogens is 224 g/mol. The smallest absolute Gasteiger partial charge is 0.181 e. The molecule has 94 valence electrons. The van der Waals surface area contributed by atoms with Gasteiger partial charge in [-0.25, -0.2) is 0 Å². The van der Waals surface area contributed by atoms with Crippen LogP contribution in [0.3, 0.4) is 0 Å². The monoisotopic (exact) mass is 242 g/mol. The molecule has 0 unspecified atom stereocenters. The first-order valence-corrected chi connectivity index (χ1v) is 6.62. The number of rotatable bonds is 3. The Hall–Kier alpha value is -1.61. The molecule has 1 aromatic heterocycles. The van der Waals surface area contributed by atoms with Crippen LogP contribution in [0.25, 0.3) is 10.9 Å². The van der Waals surface area contributed by atoms with Gasteiger partial charge in [-0.2, -0.15) is 0 Å². The molecule has 2 aromatic rings. The van der Waals surface area contributed by atoms with Crippen molar-refractivity contribution in [3.8, 4) is 0 Å². The highest BCUT2D eigenvalue weighted by molar-refractivity contribution is 6.10. The maximum absolute atomic E-state index is 12.5. The number of carbonyl (C=O) groups excluding carboxylic acids is 1. The molecule has 1 aromatic carbocycles. The van der Waals surface area contributed by atoms with Gasteiger partial charge < -0.3 is 4.98 Å². The van der Waals surface area contributed by atoms with Crippen LogP contribution in [0, 0.1) is 0 Å². The van der Waals surface area contributed by atoms with Gasteiger partial charge in [-0.3, -0.25) is 9.69 Å². The van der Waals surface area contributed by atoms with Crippen LogP contribution in [0.15, 0.2) is 30.5 Å². The van der Waals surface area contributed by atoms with Crippen LogP contribution in [0.2, 0.25) is 0 Å². The van der Waals surface area contributed by atoms with E-state index in [1.807, 2.05) is 37.4 Å². The highest BCUT2D eigenvalue weighted by Crippen LogP contribution is 2.22. The van der Waals surface area contributed by atoms with Gasteiger partial charge in [0.2, 0.25) is 0 Å². The molecule has 1 saturated heterocycles. The summed E-state index contributed by atoms with van der Waals surface area (Å²) in [6, 6.07) is 7.97. The van der Waals surface area contributed by atoms with Crippen molar-refractivity contribution >= 4 is 16.7 Å². The number of H-pyrrole nitrogens is 1. The molecule has 0 radical (unpaired) electrons. The molecule has 2 heterocycles. The first-order valence-electron chi connectivity index (χ1n) is 6.62. The second kappa shape index (κ2) is 4.58. The maximum atomic E-state index is 12.5. The number of nitrogens with zero attached hydrogens (tertiary/aromatic N) is 1. The van der Waals surface area contributed by atoms with E-state index in [9.17, 15) is 4.79 Å². The van der Waals surface area contributed by atoms with E-state index in [0.717, 1.165) is 29.6 Å². The number of benzene rings is 1. The minimum absolute atomic E-state index is 0.00768. The number of Topliss-reactive ketones (excluding diaryl/α,β-unsaturated/α-hetero) is 1. The first kappa shape index (κ1) is 11.5. The third-order valence-corrected chi connectivity index (χ3v) is 3.92. The first-order chi connectivity index (χ1) is 8.77. The average Bonchev–Trinajstić information content (AvgIpc) is 3.06. The van der Waals surface area contributed by atoms with Gasteiger partial charge in [0.25, 0.3) is 0 Å². The molecule has 1 aliphatic heterocycles. The molecule has 0 aliphatic carbocycles. The van der Waals surface area contributed by atoms with Gasteiger partial charge in [0.15, 0.2) is 5.78 Å². The van der Waals surface area contributed by atoms with E-state index in [1.54, 1.807) is 0 Å². The van der Waals surface area contributed by atoms with Gasteiger partial charge in [-0.05, 0) is 38.9 Å². The lowest BCUT2D eigenvalue weighted by atomic mass is 10.0. The van der Waals surface area contributed by atoms with E-state index in [2.05, 4.69) is 9.88 Å². The quantitative estimate of drug-likeness (QED) is 0.840. The highest BCUT2D eigenvalue weighted by Gasteiger charge is 2.26. The zero-order valence-electron chi connectivity index (χ0n) is 10.6. The van der Waals surface area contributed by atoms with Crippen LogP contribution in [0.5, 0.6) is 0 Å².